The molecule has 0 fully saturated rings. The van der Waals surface area contributed by atoms with E-state index in [0.717, 1.165) is 31.2 Å². The number of carbonyl (C=O) groups excluding carboxylic acids is 1. The summed E-state index contributed by atoms with van der Waals surface area (Å²) in [6, 6.07) is 2.04. The molecule has 0 radical (unpaired) electrons. The van der Waals surface area contributed by atoms with Crippen molar-refractivity contribution < 1.29 is 9.53 Å². The van der Waals surface area contributed by atoms with Gasteiger partial charge in [0.1, 0.15) is 0 Å². The first-order valence-electron chi connectivity index (χ1n) is 6.53. The summed E-state index contributed by atoms with van der Waals surface area (Å²) in [5.74, 6) is 0.243. The molecular weight excluding hydrogens is 226 g/mol. The number of hydrogen-bond donors (Lipinski definition) is 0. The van der Waals surface area contributed by atoms with E-state index in [9.17, 15) is 4.79 Å². The van der Waals surface area contributed by atoms with Crippen LogP contribution in [-0.4, -0.2) is 17.6 Å². The summed E-state index contributed by atoms with van der Waals surface area (Å²) in [4.78, 5) is 16.0. The van der Waals surface area contributed by atoms with E-state index in [0.29, 0.717) is 18.2 Å². The maximum Gasteiger partial charge on any atom is 0.357 e. The molecule has 1 aliphatic rings. The quantitative estimate of drug-likeness (QED) is 0.590. The lowest BCUT2D eigenvalue weighted by atomic mass is 9.96. The molecule has 0 N–H and O–H groups in total. The fourth-order valence-corrected chi connectivity index (χ4v) is 2.62. The molecule has 0 amide bonds. The Kier molecular flexibility index (Phi) is 4.13. The predicted octanol–water partition coefficient (Wildman–Crippen LogP) is 3.25. The molecule has 1 atom stereocenters. The van der Waals surface area contributed by atoms with Gasteiger partial charge in [0.2, 0.25) is 0 Å². The van der Waals surface area contributed by atoms with E-state index in [4.69, 9.17) is 4.74 Å². The number of allylic oxidation sites excluding steroid dienone is 1. The molecule has 2 rings (SSSR count). The number of pyridine rings is 1. The van der Waals surface area contributed by atoms with Crippen molar-refractivity contribution in [3.8, 4) is 0 Å². The van der Waals surface area contributed by atoms with Crippen LogP contribution in [0.2, 0.25) is 0 Å². The zero-order valence-corrected chi connectivity index (χ0v) is 10.8. The standard InChI is InChI=1S/C15H19NO2/c1-3-5-6-11-7-8-13-12(11)9-10-16-14(13)15(17)18-4-2/h3,9-11H,1,4-8H2,2H3/t11-/m0/s1. The first-order valence-corrected chi connectivity index (χ1v) is 6.53. The van der Waals surface area contributed by atoms with E-state index in [-0.39, 0.29) is 5.97 Å². The minimum absolute atomic E-state index is 0.293. The number of nitrogens with zero attached hydrogens (tertiary/aromatic N) is 1. The first-order chi connectivity index (χ1) is 8.77. The van der Waals surface area contributed by atoms with Crippen molar-refractivity contribution in [2.24, 2.45) is 0 Å². The molecule has 0 aliphatic heterocycles. The van der Waals surface area contributed by atoms with Crippen LogP contribution in [0.4, 0.5) is 0 Å². The maximum atomic E-state index is 11.8. The van der Waals surface area contributed by atoms with Crippen LogP contribution in [0.5, 0.6) is 0 Å². The summed E-state index contributed by atoms with van der Waals surface area (Å²) in [6.07, 6.45) is 7.81. The summed E-state index contributed by atoms with van der Waals surface area (Å²) in [5, 5.41) is 0. The topological polar surface area (TPSA) is 39.2 Å². The molecule has 1 aromatic rings. The predicted molar refractivity (Wildman–Crippen MR) is 70.7 cm³/mol. The molecule has 3 nitrogen and oxygen atoms in total. The number of aromatic nitrogens is 1. The lowest BCUT2D eigenvalue weighted by Crippen LogP contribution is -2.10. The lowest BCUT2D eigenvalue weighted by Gasteiger charge is -2.11. The normalized spacial score (nSPS) is 17.3. The average Bonchev–Trinajstić information content (AvgIpc) is 2.79. The number of carbonyl (C=O) groups is 1. The zero-order chi connectivity index (χ0) is 13.0. The second-order valence-electron chi connectivity index (χ2n) is 4.55. The molecule has 18 heavy (non-hydrogen) atoms. The van der Waals surface area contributed by atoms with Crippen LogP contribution in [-0.2, 0) is 11.2 Å². The zero-order valence-electron chi connectivity index (χ0n) is 10.8. The Bertz CT molecular complexity index is 454. The van der Waals surface area contributed by atoms with E-state index in [2.05, 4.69) is 11.6 Å². The van der Waals surface area contributed by atoms with Crippen molar-refractivity contribution in [2.45, 2.75) is 38.5 Å². The molecule has 0 saturated heterocycles. The third kappa shape index (κ3) is 2.45. The van der Waals surface area contributed by atoms with Crippen LogP contribution < -0.4 is 0 Å². The van der Waals surface area contributed by atoms with Gasteiger partial charge in [0, 0.05) is 6.20 Å². The van der Waals surface area contributed by atoms with Gasteiger partial charge in [-0.2, -0.15) is 0 Å². The summed E-state index contributed by atoms with van der Waals surface area (Å²) >= 11 is 0. The Labute approximate surface area is 108 Å². The second-order valence-corrected chi connectivity index (χ2v) is 4.55. The summed E-state index contributed by atoms with van der Waals surface area (Å²) in [5.41, 5.74) is 2.87. The Hall–Kier alpha value is -1.64. The first kappa shape index (κ1) is 12.8. The molecule has 0 saturated carbocycles. The summed E-state index contributed by atoms with van der Waals surface area (Å²) in [6.45, 7) is 5.97. The van der Waals surface area contributed by atoms with Gasteiger partial charge in [0.25, 0.3) is 0 Å². The van der Waals surface area contributed by atoms with Gasteiger partial charge < -0.3 is 4.74 Å². The van der Waals surface area contributed by atoms with Crippen molar-refractivity contribution >= 4 is 5.97 Å². The van der Waals surface area contributed by atoms with Crippen LogP contribution >= 0.6 is 0 Å². The third-order valence-corrected chi connectivity index (χ3v) is 3.46. The van der Waals surface area contributed by atoms with Crippen molar-refractivity contribution in [3.05, 3.63) is 41.7 Å². The highest BCUT2D eigenvalue weighted by Crippen LogP contribution is 2.37. The van der Waals surface area contributed by atoms with E-state index >= 15 is 0 Å². The number of hydrogen-bond acceptors (Lipinski definition) is 3. The van der Waals surface area contributed by atoms with Crippen LogP contribution in [0.15, 0.2) is 24.9 Å². The Morgan fingerprint density at radius 3 is 3.22 bits per heavy atom. The maximum absolute atomic E-state index is 11.8. The number of fused-ring (bicyclic) bond motifs is 1. The van der Waals surface area contributed by atoms with Gasteiger partial charge in [-0.3, -0.25) is 0 Å². The van der Waals surface area contributed by atoms with E-state index in [1.807, 2.05) is 19.1 Å². The average molecular weight is 245 g/mol. The lowest BCUT2D eigenvalue weighted by molar-refractivity contribution is 0.0518. The minimum atomic E-state index is -0.293. The highest BCUT2D eigenvalue weighted by atomic mass is 16.5. The van der Waals surface area contributed by atoms with Crippen LogP contribution in [0.25, 0.3) is 0 Å². The Morgan fingerprint density at radius 1 is 1.67 bits per heavy atom. The molecular formula is C15H19NO2. The molecule has 0 bridgehead atoms. The van der Waals surface area contributed by atoms with Crippen LogP contribution in [0.3, 0.4) is 0 Å². The van der Waals surface area contributed by atoms with E-state index < -0.39 is 0 Å². The van der Waals surface area contributed by atoms with Crippen molar-refractivity contribution in [1.29, 1.82) is 0 Å². The highest BCUT2D eigenvalue weighted by molar-refractivity contribution is 5.89. The van der Waals surface area contributed by atoms with Gasteiger partial charge in [0.05, 0.1) is 6.61 Å². The number of ether oxygens (including phenoxy) is 1. The van der Waals surface area contributed by atoms with Gasteiger partial charge in [-0.1, -0.05) is 6.08 Å². The summed E-state index contributed by atoms with van der Waals surface area (Å²) < 4.78 is 5.05. The smallest absolute Gasteiger partial charge is 0.357 e. The number of esters is 1. The van der Waals surface area contributed by atoms with Gasteiger partial charge in [0.15, 0.2) is 5.69 Å². The largest absolute Gasteiger partial charge is 0.461 e. The van der Waals surface area contributed by atoms with Crippen LogP contribution in [0.1, 0.15) is 53.7 Å². The van der Waals surface area contributed by atoms with E-state index in [1.54, 1.807) is 6.20 Å². The van der Waals surface area contributed by atoms with Crippen molar-refractivity contribution in [2.75, 3.05) is 6.61 Å². The van der Waals surface area contributed by atoms with Crippen molar-refractivity contribution in [3.63, 3.8) is 0 Å². The molecule has 96 valence electrons. The van der Waals surface area contributed by atoms with Gasteiger partial charge >= 0.3 is 5.97 Å². The number of rotatable bonds is 5. The molecule has 0 aromatic carbocycles. The van der Waals surface area contributed by atoms with E-state index in [1.165, 1.54) is 5.56 Å². The fourth-order valence-electron chi connectivity index (χ4n) is 2.62. The van der Waals surface area contributed by atoms with Crippen LogP contribution in [0, 0.1) is 0 Å². The monoisotopic (exact) mass is 245 g/mol. The highest BCUT2D eigenvalue weighted by Gasteiger charge is 2.27. The van der Waals surface area contributed by atoms with Crippen molar-refractivity contribution in [1.82, 2.24) is 4.98 Å². The molecule has 0 unspecified atom stereocenters. The van der Waals surface area contributed by atoms with Gasteiger partial charge in [-0.25, -0.2) is 9.78 Å². The minimum Gasteiger partial charge on any atom is -0.461 e. The Morgan fingerprint density at radius 2 is 2.50 bits per heavy atom. The SMILES string of the molecule is C=CCC[C@H]1CCc2c1ccnc2C(=O)OCC. The second kappa shape index (κ2) is 5.80. The fraction of sp³-hybridized carbons (Fsp3) is 0.467. The molecule has 3 heteroatoms. The molecule has 1 aromatic heterocycles. The van der Waals surface area contributed by atoms with Gasteiger partial charge in [-0.15, -0.1) is 6.58 Å². The summed E-state index contributed by atoms with van der Waals surface area (Å²) in [7, 11) is 0. The van der Waals surface area contributed by atoms with Gasteiger partial charge in [-0.05, 0) is 55.7 Å². The molecule has 0 spiro atoms. The third-order valence-electron chi connectivity index (χ3n) is 3.46. The molecule has 1 aliphatic carbocycles. The Balaban J connectivity index is 2.24. The molecule has 1 heterocycles.